The molecule has 8 heteroatoms. The molecule has 2 aromatic carbocycles. The van der Waals surface area contributed by atoms with Crippen molar-refractivity contribution in [2.75, 3.05) is 31.7 Å². The molecule has 0 aliphatic carbocycles. The summed E-state index contributed by atoms with van der Waals surface area (Å²) in [7, 11) is 1.63. The lowest BCUT2D eigenvalue weighted by atomic mass is 9.97. The van der Waals surface area contributed by atoms with Crippen molar-refractivity contribution in [3.05, 3.63) is 54.1 Å². The van der Waals surface area contributed by atoms with Crippen molar-refractivity contribution in [2.45, 2.75) is 26.3 Å². The van der Waals surface area contributed by atoms with Crippen LogP contribution in [0, 0.1) is 5.92 Å². The Morgan fingerprint density at radius 2 is 2.03 bits per heavy atom. The first-order chi connectivity index (χ1) is 15.7. The van der Waals surface area contributed by atoms with Gasteiger partial charge in [0.15, 0.2) is 0 Å². The second-order valence-corrected chi connectivity index (χ2v) is 7.67. The number of ether oxygens (including phenoxy) is 2. The number of hydrogen-bond acceptors (Lipinski definition) is 7. The summed E-state index contributed by atoms with van der Waals surface area (Å²) < 4.78 is 16.3. The van der Waals surface area contributed by atoms with Crippen molar-refractivity contribution >= 4 is 11.9 Å². The van der Waals surface area contributed by atoms with Crippen LogP contribution in [0.2, 0.25) is 0 Å². The number of carbonyl (C=O) groups excluding carboxylic acids is 1. The zero-order valence-corrected chi connectivity index (χ0v) is 18.4. The molecule has 1 fully saturated rings. The molecule has 0 radical (unpaired) electrons. The van der Waals surface area contributed by atoms with Crippen LogP contribution in [0.5, 0.6) is 11.5 Å². The Labute approximate surface area is 187 Å². The third-order valence-electron chi connectivity index (χ3n) is 5.55. The summed E-state index contributed by atoms with van der Waals surface area (Å²) in [5.74, 6) is 1.97. The molecule has 1 atom stereocenters. The number of nitrogens with one attached hydrogen (secondary N) is 1. The molecule has 4 rings (SSSR count). The summed E-state index contributed by atoms with van der Waals surface area (Å²) in [6.45, 7) is 4.30. The minimum absolute atomic E-state index is 0.0240. The highest BCUT2D eigenvalue weighted by Crippen LogP contribution is 2.26. The van der Waals surface area contributed by atoms with E-state index in [2.05, 4.69) is 15.5 Å². The number of piperidine rings is 1. The molecular weight excluding hydrogens is 408 g/mol. The van der Waals surface area contributed by atoms with Crippen LogP contribution in [0.1, 0.15) is 25.3 Å². The van der Waals surface area contributed by atoms with E-state index in [0.717, 1.165) is 42.0 Å². The number of carbonyl (C=O) groups is 1. The minimum Gasteiger partial charge on any atom is -0.497 e. The fourth-order valence-electron chi connectivity index (χ4n) is 3.84. The van der Waals surface area contributed by atoms with Gasteiger partial charge in [-0.3, -0.25) is 4.79 Å². The van der Waals surface area contributed by atoms with E-state index in [4.69, 9.17) is 14.0 Å². The van der Waals surface area contributed by atoms with E-state index >= 15 is 0 Å². The molecule has 32 heavy (non-hydrogen) atoms. The van der Waals surface area contributed by atoms with Crippen molar-refractivity contribution in [3.63, 3.8) is 0 Å². The first-order valence-electron chi connectivity index (χ1n) is 10.9. The quantitative estimate of drug-likeness (QED) is 0.576. The molecule has 0 bridgehead atoms. The Kier molecular flexibility index (Phi) is 6.89. The van der Waals surface area contributed by atoms with Gasteiger partial charge in [0.1, 0.15) is 11.5 Å². The second-order valence-electron chi connectivity index (χ2n) is 7.67. The number of para-hydroxylation sites is 1. The third kappa shape index (κ3) is 5.01. The third-order valence-corrected chi connectivity index (χ3v) is 5.55. The van der Waals surface area contributed by atoms with Gasteiger partial charge in [0.2, 0.25) is 11.7 Å². The molecule has 1 aliphatic rings. The van der Waals surface area contributed by atoms with Gasteiger partial charge >= 0.3 is 6.01 Å². The van der Waals surface area contributed by atoms with Crippen molar-refractivity contribution in [1.29, 1.82) is 0 Å². The Morgan fingerprint density at radius 1 is 1.22 bits per heavy atom. The summed E-state index contributed by atoms with van der Waals surface area (Å²) in [4.78, 5) is 19.4. The summed E-state index contributed by atoms with van der Waals surface area (Å²) in [6, 6.07) is 15.7. The number of anilines is 1. The molecule has 0 spiro atoms. The minimum atomic E-state index is -0.139. The number of nitrogens with zero attached hydrogens (tertiary/aromatic N) is 3. The Morgan fingerprint density at radius 3 is 2.81 bits per heavy atom. The summed E-state index contributed by atoms with van der Waals surface area (Å²) in [5.41, 5.74) is 1.82. The smallest absolute Gasteiger partial charge is 0.324 e. The standard InChI is InChI=1S/C24H28N4O4/c1-3-31-21-9-5-4-7-18(21)15-25-23(29)19-8-6-14-28(16-19)24-26-22(27-32-24)17-10-12-20(30-2)13-11-17/h4-5,7,9-13,19H,3,6,8,14-16H2,1-2H3,(H,25,29). The molecule has 168 valence electrons. The van der Waals surface area contributed by atoms with E-state index in [1.807, 2.05) is 60.4 Å². The highest BCUT2D eigenvalue weighted by atomic mass is 16.5. The number of hydrogen-bond donors (Lipinski definition) is 1. The van der Waals surface area contributed by atoms with E-state index in [0.29, 0.717) is 31.5 Å². The second kappa shape index (κ2) is 10.2. The summed E-state index contributed by atoms with van der Waals surface area (Å²) in [5, 5.41) is 7.16. The number of benzene rings is 2. The van der Waals surface area contributed by atoms with Crippen molar-refractivity contribution in [2.24, 2.45) is 5.92 Å². The number of methoxy groups -OCH3 is 1. The monoisotopic (exact) mass is 436 g/mol. The van der Waals surface area contributed by atoms with Crippen LogP contribution in [-0.2, 0) is 11.3 Å². The lowest BCUT2D eigenvalue weighted by Crippen LogP contribution is -2.43. The molecule has 1 aromatic heterocycles. The van der Waals surface area contributed by atoms with Crippen molar-refractivity contribution in [1.82, 2.24) is 15.5 Å². The van der Waals surface area contributed by atoms with Gasteiger partial charge in [-0.05, 0) is 50.1 Å². The Bertz CT molecular complexity index is 1030. The average Bonchev–Trinajstić information content (AvgIpc) is 3.34. The first kappa shape index (κ1) is 21.7. The van der Waals surface area contributed by atoms with Crippen LogP contribution in [0.15, 0.2) is 53.1 Å². The lowest BCUT2D eigenvalue weighted by Gasteiger charge is -2.30. The van der Waals surface area contributed by atoms with E-state index in [1.54, 1.807) is 7.11 Å². The number of amides is 1. The van der Waals surface area contributed by atoms with Crippen LogP contribution in [0.25, 0.3) is 11.4 Å². The molecule has 1 aliphatic heterocycles. The van der Waals surface area contributed by atoms with Gasteiger partial charge in [-0.15, -0.1) is 0 Å². The molecule has 0 saturated carbocycles. The fraction of sp³-hybridized carbons (Fsp3) is 0.375. The average molecular weight is 437 g/mol. The largest absolute Gasteiger partial charge is 0.497 e. The molecule has 1 saturated heterocycles. The van der Waals surface area contributed by atoms with Gasteiger partial charge in [0, 0.05) is 30.8 Å². The first-order valence-corrected chi connectivity index (χ1v) is 10.9. The predicted octanol–water partition coefficient (Wildman–Crippen LogP) is 3.68. The summed E-state index contributed by atoms with van der Waals surface area (Å²) in [6.07, 6.45) is 1.71. The molecule has 1 amide bonds. The number of rotatable bonds is 8. The molecule has 1 N–H and O–H groups in total. The van der Waals surface area contributed by atoms with E-state index in [1.165, 1.54) is 0 Å². The van der Waals surface area contributed by atoms with Gasteiger partial charge < -0.3 is 24.2 Å². The lowest BCUT2D eigenvalue weighted by molar-refractivity contribution is -0.125. The van der Waals surface area contributed by atoms with Gasteiger partial charge in [-0.25, -0.2) is 0 Å². The maximum Gasteiger partial charge on any atom is 0.324 e. The van der Waals surface area contributed by atoms with Crippen LogP contribution in [-0.4, -0.2) is 42.9 Å². The van der Waals surface area contributed by atoms with Gasteiger partial charge in [-0.1, -0.05) is 23.4 Å². The van der Waals surface area contributed by atoms with E-state index in [-0.39, 0.29) is 11.8 Å². The van der Waals surface area contributed by atoms with E-state index < -0.39 is 0 Å². The van der Waals surface area contributed by atoms with Crippen LogP contribution >= 0.6 is 0 Å². The molecular formula is C24H28N4O4. The molecule has 3 aromatic rings. The van der Waals surface area contributed by atoms with Crippen LogP contribution in [0.3, 0.4) is 0 Å². The van der Waals surface area contributed by atoms with Crippen LogP contribution < -0.4 is 19.7 Å². The van der Waals surface area contributed by atoms with Gasteiger partial charge in [0.25, 0.3) is 0 Å². The Balaban J connectivity index is 1.37. The normalized spacial score (nSPS) is 15.9. The Hall–Kier alpha value is -3.55. The molecule has 2 heterocycles. The number of aromatic nitrogens is 2. The highest BCUT2D eigenvalue weighted by Gasteiger charge is 2.28. The fourth-order valence-corrected chi connectivity index (χ4v) is 3.84. The van der Waals surface area contributed by atoms with E-state index in [9.17, 15) is 4.79 Å². The zero-order valence-electron chi connectivity index (χ0n) is 18.4. The summed E-state index contributed by atoms with van der Waals surface area (Å²) >= 11 is 0. The van der Waals surface area contributed by atoms with Crippen LogP contribution in [0.4, 0.5) is 6.01 Å². The molecule has 1 unspecified atom stereocenters. The highest BCUT2D eigenvalue weighted by molar-refractivity contribution is 5.79. The van der Waals surface area contributed by atoms with Crippen molar-refractivity contribution < 1.29 is 18.8 Å². The molecule has 8 nitrogen and oxygen atoms in total. The maximum atomic E-state index is 12.8. The van der Waals surface area contributed by atoms with Gasteiger partial charge in [-0.2, -0.15) is 4.98 Å². The van der Waals surface area contributed by atoms with Crippen molar-refractivity contribution in [3.8, 4) is 22.9 Å². The van der Waals surface area contributed by atoms with Gasteiger partial charge in [0.05, 0.1) is 19.6 Å². The SMILES string of the molecule is CCOc1ccccc1CNC(=O)C1CCCN(c2nc(-c3ccc(OC)cc3)no2)C1. The maximum absolute atomic E-state index is 12.8. The zero-order chi connectivity index (χ0) is 22.3. The predicted molar refractivity (Wildman–Crippen MR) is 121 cm³/mol. The topological polar surface area (TPSA) is 89.7 Å².